The van der Waals surface area contributed by atoms with Crippen LogP contribution in [-0.4, -0.2) is 9.13 Å². The molecule has 0 bridgehead atoms. The van der Waals surface area contributed by atoms with Gasteiger partial charge in [0.25, 0.3) is 0 Å². The highest BCUT2D eigenvalue weighted by Gasteiger charge is 2.28. The summed E-state index contributed by atoms with van der Waals surface area (Å²) in [5.41, 5.74) is 22.2. The van der Waals surface area contributed by atoms with Gasteiger partial charge in [-0.2, -0.15) is 0 Å². The van der Waals surface area contributed by atoms with Crippen LogP contribution < -0.4 is 9.80 Å². The van der Waals surface area contributed by atoms with Gasteiger partial charge in [0.1, 0.15) is 0 Å². The first-order valence-corrected chi connectivity index (χ1v) is 31.1. The Morgan fingerprint density at radius 2 is 0.540 bits per heavy atom. The summed E-state index contributed by atoms with van der Waals surface area (Å²) >= 11 is 7.73. The van der Waals surface area contributed by atoms with Crippen LogP contribution in [0.3, 0.4) is 0 Å². The molecule has 0 unspecified atom stereocenters. The Labute approximate surface area is 519 Å². The molecule has 13 rings (SSSR count). The van der Waals surface area contributed by atoms with Crippen LogP contribution in [0.2, 0.25) is 5.02 Å². The van der Waals surface area contributed by atoms with Crippen molar-refractivity contribution in [2.24, 2.45) is 0 Å². The molecule has 0 spiro atoms. The third-order valence-corrected chi connectivity index (χ3v) is 17.8. The number of anilines is 6. The number of aromatic nitrogens is 2. The van der Waals surface area contributed by atoms with Crippen molar-refractivity contribution >= 4 is 89.3 Å². The van der Waals surface area contributed by atoms with E-state index in [2.05, 4.69) is 351 Å². The first-order valence-electron chi connectivity index (χ1n) is 30.7. The highest BCUT2D eigenvalue weighted by molar-refractivity contribution is 6.31. The fraction of sp³-hybridized carbons (Fsp3) is 0.195. The summed E-state index contributed by atoms with van der Waals surface area (Å²) in [4.78, 5) is 4.80. The Morgan fingerprint density at radius 1 is 0.264 bits per heavy atom. The number of hydrogen-bond donors (Lipinski definition) is 0. The van der Waals surface area contributed by atoms with Crippen LogP contribution in [0.25, 0.3) is 77.2 Å². The van der Waals surface area contributed by atoms with Gasteiger partial charge in [-0.25, -0.2) is 0 Å². The molecule has 0 saturated carbocycles. The van der Waals surface area contributed by atoms with Gasteiger partial charge in [-0.1, -0.05) is 228 Å². The second kappa shape index (κ2) is 21.7. The molecule has 0 N–H and O–H groups in total. The molecule has 5 heteroatoms. The molecule has 2 aromatic heterocycles. The molecular formula is C82H77ClN4. The first kappa shape index (κ1) is 57.0. The average Bonchev–Trinajstić information content (AvgIpc) is 1.63. The molecule has 0 aliphatic carbocycles. The molecule has 87 heavy (non-hydrogen) atoms. The average molecular weight is 1150 g/mol. The predicted molar refractivity (Wildman–Crippen MR) is 375 cm³/mol. The lowest BCUT2D eigenvalue weighted by Gasteiger charge is -2.32. The molecule has 0 aliphatic rings. The Bertz CT molecular complexity index is 4270. The van der Waals surface area contributed by atoms with E-state index in [1.165, 1.54) is 43.8 Å². The van der Waals surface area contributed by atoms with Crippen LogP contribution in [0.15, 0.2) is 249 Å². The van der Waals surface area contributed by atoms with Crippen LogP contribution in [-0.2, 0) is 21.7 Å². The van der Waals surface area contributed by atoms with Crippen molar-refractivity contribution in [2.45, 2.75) is 105 Å². The Hall–Kier alpha value is -9.09. The zero-order valence-corrected chi connectivity index (χ0v) is 53.1. The van der Waals surface area contributed by atoms with Crippen molar-refractivity contribution in [2.75, 3.05) is 9.80 Å². The van der Waals surface area contributed by atoms with Gasteiger partial charge >= 0.3 is 0 Å². The van der Waals surface area contributed by atoms with E-state index >= 15 is 0 Å². The maximum absolute atomic E-state index is 7.73. The van der Waals surface area contributed by atoms with Crippen LogP contribution >= 0.6 is 11.6 Å². The third kappa shape index (κ3) is 10.7. The van der Waals surface area contributed by atoms with E-state index in [0.717, 1.165) is 89.8 Å². The Balaban J connectivity index is 1.06. The highest BCUT2D eigenvalue weighted by Crippen LogP contribution is 2.49. The maximum Gasteiger partial charge on any atom is 0.0702 e. The van der Waals surface area contributed by atoms with Gasteiger partial charge in [0.15, 0.2) is 0 Å². The summed E-state index contributed by atoms with van der Waals surface area (Å²) in [6.45, 7) is 27.6. The highest BCUT2D eigenvalue weighted by atomic mass is 35.5. The molecule has 432 valence electrons. The van der Waals surface area contributed by atoms with Crippen LogP contribution in [0.1, 0.15) is 105 Å². The number of fused-ring (bicyclic) bond motifs is 6. The van der Waals surface area contributed by atoms with E-state index in [1.807, 2.05) is 0 Å². The van der Waals surface area contributed by atoms with Gasteiger partial charge in [0.05, 0.1) is 44.8 Å². The Kier molecular flexibility index (Phi) is 14.2. The number of halogens is 1. The number of para-hydroxylation sites is 4. The minimum atomic E-state index is -0.0384. The third-order valence-electron chi connectivity index (χ3n) is 17.6. The zero-order valence-electron chi connectivity index (χ0n) is 52.3. The van der Waals surface area contributed by atoms with Crippen molar-refractivity contribution in [3.63, 3.8) is 0 Å². The zero-order chi connectivity index (χ0) is 60.7. The lowest BCUT2D eigenvalue weighted by molar-refractivity contribution is 0.590. The van der Waals surface area contributed by atoms with Gasteiger partial charge in [-0.05, 0) is 181 Å². The standard InChI is InChI=1S/C82H77ClN4/c1-79(2,3)58-35-43-71-67(47-58)68-48-59(80(4,5)6)36-44-72(68)86(71)77-29-21-19-27-75(77)84(63-39-31-56(32-40-63)54-23-15-13-16-24-54)65-51-62(83)52-66(53-65)85(64-41-33-57(34-42-64)55-25-17-14-18-26-55)76-28-20-22-30-78(76)87-73-45-37-60(81(7,8)9)49-69(73)70-50-61(82(10,11)12)38-46-74(70)87/h13-53H,1-12H3. The molecule has 0 radical (unpaired) electrons. The molecule has 0 atom stereocenters. The summed E-state index contributed by atoms with van der Waals surface area (Å²) in [6.07, 6.45) is 0. The summed E-state index contributed by atoms with van der Waals surface area (Å²) < 4.78 is 4.96. The molecule has 11 aromatic carbocycles. The minimum absolute atomic E-state index is 0.0384. The van der Waals surface area contributed by atoms with E-state index in [0.29, 0.717) is 5.02 Å². The van der Waals surface area contributed by atoms with E-state index in [4.69, 9.17) is 11.6 Å². The molecular weight excluding hydrogens is 1080 g/mol. The lowest BCUT2D eigenvalue weighted by atomic mass is 9.85. The van der Waals surface area contributed by atoms with Gasteiger partial charge in [-0.15, -0.1) is 0 Å². The van der Waals surface area contributed by atoms with E-state index in [1.54, 1.807) is 0 Å². The quantitative estimate of drug-likeness (QED) is 0.136. The molecule has 0 amide bonds. The lowest BCUT2D eigenvalue weighted by Crippen LogP contribution is -2.16. The van der Waals surface area contributed by atoms with Gasteiger partial charge in [0, 0.05) is 49.3 Å². The molecule has 4 nitrogen and oxygen atoms in total. The fourth-order valence-electron chi connectivity index (χ4n) is 12.7. The van der Waals surface area contributed by atoms with Crippen molar-refractivity contribution < 1.29 is 0 Å². The van der Waals surface area contributed by atoms with E-state index in [-0.39, 0.29) is 21.7 Å². The van der Waals surface area contributed by atoms with Crippen molar-refractivity contribution in [1.82, 2.24) is 9.13 Å². The predicted octanol–water partition coefficient (Wildman–Crippen LogP) is 24.0. The normalized spacial score (nSPS) is 12.4. The monoisotopic (exact) mass is 1150 g/mol. The first-order chi connectivity index (χ1) is 41.6. The molecule has 2 heterocycles. The van der Waals surface area contributed by atoms with E-state index in [9.17, 15) is 0 Å². The van der Waals surface area contributed by atoms with E-state index < -0.39 is 0 Å². The minimum Gasteiger partial charge on any atom is -0.308 e. The smallest absolute Gasteiger partial charge is 0.0702 e. The maximum atomic E-state index is 7.73. The number of benzene rings is 11. The summed E-state index contributed by atoms with van der Waals surface area (Å²) in [7, 11) is 0. The second-order valence-corrected chi connectivity index (χ2v) is 28.2. The molecule has 0 saturated heterocycles. The Morgan fingerprint density at radius 3 is 0.839 bits per heavy atom. The summed E-state index contributed by atoms with van der Waals surface area (Å²) in [5.74, 6) is 0. The summed E-state index contributed by atoms with van der Waals surface area (Å²) in [6, 6.07) is 91.9. The van der Waals surface area contributed by atoms with Crippen LogP contribution in [0, 0.1) is 0 Å². The van der Waals surface area contributed by atoms with Crippen molar-refractivity contribution in [3.8, 4) is 33.6 Å². The fourth-order valence-corrected chi connectivity index (χ4v) is 12.9. The molecule has 0 fully saturated rings. The topological polar surface area (TPSA) is 16.3 Å². The van der Waals surface area contributed by atoms with Crippen molar-refractivity contribution in [1.29, 1.82) is 0 Å². The van der Waals surface area contributed by atoms with Gasteiger partial charge in [0.2, 0.25) is 0 Å². The number of rotatable bonds is 10. The largest absolute Gasteiger partial charge is 0.308 e. The number of nitrogens with zero attached hydrogens (tertiary/aromatic N) is 4. The van der Waals surface area contributed by atoms with Crippen LogP contribution in [0.5, 0.6) is 0 Å². The molecule has 13 aromatic rings. The van der Waals surface area contributed by atoms with Crippen LogP contribution in [0.4, 0.5) is 34.1 Å². The number of hydrogen-bond acceptors (Lipinski definition) is 2. The summed E-state index contributed by atoms with van der Waals surface area (Å²) in [5, 5.41) is 5.56. The second-order valence-electron chi connectivity index (χ2n) is 27.7. The SMILES string of the molecule is CC(C)(C)c1ccc2c(c1)c1cc(C(C)(C)C)ccc1n2-c1ccccc1N(c1ccc(-c2ccccc2)cc1)c1cc(Cl)cc(N(c2ccc(-c3ccccc3)cc2)c2ccccc2-n2c3ccc(C(C)(C)C)cc3c3cc(C(C)(C)C)ccc32)c1. The van der Waals surface area contributed by atoms with Crippen molar-refractivity contribution in [3.05, 3.63) is 276 Å². The van der Waals surface area contributed by atoms with Gasteiger partial charge in [-0.3, -0.25) is 0 Å². The molecule has 0 aliphatic heterocycles. The van der Waals surface area contributed by atoms with Gasteiger partial charge < -0.3 is 18.9 Å².